The summed E-state index contributed by atoms with van der Waals surface area (Å²) in [5, 5.41) is 4.93. The molecule has 2 aromatic heterocycles. The lowest BCUT2D eigenvalue weighted by atomic mass is 10.0. The SMILES string of the molecule is CCOc1cc(C)nn1C.COC(=O)C(N)Cc1c[nH]c2cccc(C=O)c12. The van der Waals surface area contributed by atoms with Crippen LogP contribution in [-0.2, 0) is 23.0 Å². The quantitative estimate of drug-likeness (QED) is 0.496. The smallest absolute Gasteiger partial charge is 0.322 e. The fourth-order valence-corrected chi connectivity index (χ4v) is 2.89. The van der Waals surface area contributed by atoms with Crippen LogP contribution in [0.5, 0.6) is 5.88 Å². The first-order valence-electron chi connectivity index (χ1n) is 8.92. The zero-order valence-electron chi connectivity index (χ0n) is 16.6. The number of nitrogens with zero attached hydrogens (tertiary/aromatic N) is 2. The van der Waals surface area contributed by atoms with Gasteiger partial charge in [0.05, 0.1) is 19.4 Å². The van der Waals surface area contributed by atoms with Crippen LogP contribution in [0.15, 0.2) is 30.5 Å². The molecule has 1 atom stereocenters. The summed E-state index contributed by atoms with van der Waals surface area (Å²) < 4.78 is 11.6. The van der Waals surface area contributed by atoms with Gasteiger partial charge in [-0.25, -0.2) is 4.68 Å². The second-order valence-electron chi connectivity index (χ2n) is 6.22. The van der Waals surface area contributed by atoms with Crippen molar-refractivity contribution in [2.75, 3.05) is 13.7 Å². The summed E-state index contributed by atoms with van der Waals surface area (Å²) >= 11 is 0. The van der Waals surface area contributed by atoms with Gasteiger partial charge < -0.3 is 20.2 Å². The van der Waals surface area contributed by atoms with Crippen molar-refractivity contribution in [3.63, 3.8) is 0 Å². The number of benzene rings is 1. The van der Waals surface area contributed by atoms with Gasteiger partial charge in [0.1, 0.15) is 6.04 Å². The number of carbonyl (C=O) groups excluding carboxylic acids is 2. The molecule has 0 aliphatic carbocycles. The van der Waals surface area contributed by atoms with Gasteiger partial charge in [0.2, 0.25) is 5.88 Å². The van der Waals surface area contributed by atoms with Gasteiger partial charge in [-0.2, -0.15) is 5.10 Å². The number of nitrogens with two attached hydrogens (primary N) is 1. The highest BCUT2D eigenvalue weighted by atomic mass is 16.5. The summed E-state index contributed by atoms with van der Waals surface area (Å²) in [5.74, 6) is 0.368. The first-order valence-corrected chi connectivity index (χ1v) is 8.92. The molecule has 0 radical (unpaired) electrons. The van der Waals surface area contributed by atoms with Crippen molar-refractivity contribution in [3.05, 3.63) is 47.3 Å². The average Bonchev–Trinajstić information content (AvgIpc) is 3.24. The lowest BCUT2D eigenvalue weighted by Crippen LogP contribution is -2.33. The maximum atomic E-state index is 11.3. The number of rotatable bonds is 6. The molecule has 1 unspecified atom stereocenters. The molecular weight excluding hydrogens is 360 g/mol. The molecule has 0 fully saturated rings. The van der Waals surface area contributed by atoms with Crippen LogP contribution >= 0.6 is 0 Å². The Kier molecular flexibility index (Phi) is 7.34. The number of carbonyl (C=O) groups is 2. The maximum absolute atomic E-state index is 11.3. The first kappa shape index (κ1) is 21.2. The number of aromatic amines is 1. The van der Waals surface area contributed by atoms with Crippen LogP contribution in [0.4, 0.5) is 0 Å². The van der Waals surface area contributed by atoms with Gasteiger partial charge in [-0.3, -0.25) is 9.59 Å². The predicted octanol–water partition coefficient (Wildman–Crippen LogP) is 2.15. The zero-order valence-corrected chi connectivity index (χ0v) is 16.6. The fourth-order valence-electron chi connectivity index (χ4n) is 2.89. The van der Waals surface area contributed by atoms with Crippen LogP contribution in [0.3, 0.4) is 0 Å². The van der Waals surface area contributed by atoms with Gasteiger partial charge in [0, 0.05) is 42.2 Å². The Balaban J connectivity index is 0.000000237. The van der Waals surface area contributed by atoms with Crippen LogP contribution in [0.2, 0.25) is 0 Å². The predicted molar refractivity (Wildman–Crippen MR) is 106 cm³/mol. The molecule has 0 saturated carbocycles. The van der Waals surface area contributed by atoms with E-state index in [1.165, 1.54) is 7.11 Å². The molecule has 0 bridgehead atoms. The second-order valence-corrected chi connectivity index (χ2v) is 6.22. The van der Waals surface area contributed by atoms with E-state index in [1.54, 1.807) is 23.0 Å². The molecule has 3 rings (SSSR count). The molecule has 3 aromatic rings. The zero-order chi connectivity index (χ0) is 20.7. The molecule has 28 heavy (non-hydrogen) atoms. The lowest BCUT2D eigenvalue weighted by Gasteiger charge is -2.08. The summed E-state index contributed by atoms with van der Waals surface area (Å²) in [7, 11) is 3.17. The average molecular weight is 386 g/mol. The Morgan fingerprint density at radius 3 is 2.75 bits per heavy atom. The Labute approximate surface area is 163 Å². The minimum atomic E-state index is -0.728. The number of aldehydes is 1. The number of nitrogens with one attached hydrogen (secondary N) is 1. The van der Waals surface area contributed by atoms with E-state index in [0.29, 0.717) is 18.6 Å². The summed E-state index contributed by atoms with van der Waals surface area (Å²) in [4.78, 5) is 25.4. The molecule has 2 heterocycles. The summed E-state index contributed by atoms with van der Waals surface area (Å²) in [6.45, 7) is 4.60. The van der Waals surface area contributed by atoms with Crippen molar-refractivity contribution in [3.8, 4) is 5.88 Å². The third-order valence-corrected chi connectivity index (χ3v) is 4.14. The first-order chi connectivity index (χ1) is 13.4. The van der Waals surface area contributed by atoms with E-state index in [4.69, 9.17) is 10.5 Å². The normalized spacial score (nSPS) is 11.5. The molecule has 0 aliphatic heterocycles. The Morgan fingerprint density at radius 1 is 1.43 bits per heavy atom. The van der Waals surface area contributed by atoms with Crippen molar-refractivity contribution in [1.29, 1.82) is 0 Å². The van der Waals surface area contributed by atoms with Gasteiger partial charge >= 0.3 is 5.97 Å². The Bertz CT molecular complexity index is 945. The van der Waals surface area contributed by atoms with Crippen LogP contribution in [0.1, 0.15) is 28.5 Å². The summed E-state index contributed by atoms with van der Waals surface area (Å²) in [5.41, 5.74) is 8.99. The van der Waals surface area contributed by atoms with E-state index < -0.39 is 12.0 Å². The van der Waals surface area contributed by atoms with Gasteiger partial charge in [-0.1, -0.05) is 12.1 Å². The van der Waals surface area contributed by atoms with E-state index >= 15 is 0 Å². The molecular formula is C20H26N4O4. The van der Waals surface area contributed by atoms with E-state index in [2.05, 4.69) is 14.8 Å². The van der Waals surface area contributed by atoms with Crippen molar-refractivity contribution >= 4 is 23.2 Å². The van der Waals surface area contributed by atoms with Gasteiger partial charge in [0.25, 0.3) is 0 Å². The number of fused-ring (bicyclic) bond motifs is 1. The number of aromatic nitrogens is 3. The van der Waals surface area contributed by atoms with E-state index in [9.17, 15) is 9.59 Å². The minimum absolute atomic E-state index is 0.331. The fraction of sp³-hybridized carbons (Fsp3) is 0.350. The number of ether oxygens (including phenoxy) is 2. The van der Waals surface area contributed by atoms with Crippen molar-refractivity contribution in [2.24, 2.45) is 12.8 Å². The monoisotopic (exact) mass is 386 g/mol. The largest absolute Gasteiger partial charge is 0.478 e. The number of H-pyrrole nitrogens is 1. The van der Waals surface area contributed by atoms with Gasteiger partial charge in [-0.15, -0.1) is 0 Å². The second kappa shape index (κ2) is 9.70. The van der Waals surface area contributed by atoms with Crippen LogP contribution < -0.4 is 10.5 Å². The molecule has 8 nitrogen and oxygen atoms in total. The Morgan fingerprint density at radius 2 is 2.18 bits per heavy atom. The minimum Gasteiger partial charge on any atom is -0.478 e. The topological polar surface area (TPSA) is 112 Å². The molecule has 3 N–H and O–H groups in total. The van der Waals surface area contributed by atoms with Gasteiger partial charge in [-0.05, 0) is 25.5 Å². The lowest BCUT2D eigenvalue weighted by molar-refractivity contribution is -0.142. The highest BCUT2D eigenvalue weighted by Crippen LogP contribution is 2.22. The van der Waals surface area contributed by atoms with Crippen LogP contribution in [0.25, 0.3) is 10.9 Å². The summed E-state index contributed by atoms with van der Waals surface area (Å²) in [6, 6.07) is 6.59. The summed E-state index contributed by atoms with van der Waals surface area (Å²) in [6.07, 6.45) is 2.89. The van der Waals surface area contributed by atoms with Crippen molar-refractivity contribution < 1.29 is 19.1 Å². The molecule has 1 aromatic carbocycles. The van der Waals surface area contributed by atoms with Crippen LogP contribution in [-0.4, -0.2) is 46.8 Å². The van der Waals surface area contributed by atoms with Crippen molar-refractivity contribution in [2.45, 2.75) is 26.3 Å². The Hall–Kier alpha value is -3.13. The maximum Gasteiger partial charge on any atom is 0.322 e. The van der Waals surface area contributed by atoms with E-state index in [1.807, 2.05) is 33.0 Å². The molecule has 8 heteroatoms. The standard InChI is InChI=1S/C13H14N2O3.C7H12N2O/c1-18-13(17)10(14)5-9-6-15-11-4-2-3-8(7-16)12(9)11;1-4-10-7-5-6(2)8-9(7)3/h2-4,6-7,10,15H,5,14H2,1H3;5H,4H2,1-3H3. The third-order valence-electron chi connectivity index (χ3n) is 4.14. The molecule has 0 amide bonds. The van der Waals surface area contributed by atoms with Crippen molar-refractivity contribution in [1.82, 2.24) is 14.8 Å². The van der Waals surface area contributed by atoms with E-state index in [0.717, 1.165) is 34.3 Å². The van der Waals surface area contributed by atoms with Gasteiger partial charge in [0.15, 0.2) is 6.29 Å². The number of hydrogen-bond acceptors (Lipinski definition) is 6. The molecule has 150 valence electrons. The molecule has 0 saturated heterocycles. The molecule has 0 aliphatic rings. The number of hydrogen-bond donors (Lipinski definition) is 2. The third kappa shape index (κ3) is 4.98. The highest BCUT2D eigenvalue weighted by molar-refractivity contribution is 5.99. The number of aryl methyl sites for hydroxylation is 2. The number of esters is 1. The highest BCUT2D eigenvalue weighted by Gasteiger charge is 2.17. The number of methoxy groups -OCH3 is 1. The van der Waals surface area contributed by atoms with E-state index in [-0.39, 0.29) is 0 Å². The molecule has 0 spiro atoms. The van der Waals surface area contributed by atoms with Crippen LogP contribution in [0, 0.1) is 6.92 Å².